The number of nitrogens with zero attached hydrogens (tertiary/aromatic N) is 6. The van der Waals surface area contributed by atoms with Gasteiger partial charge in [-0.2, -0.15) is 0 Å². The Hall–Kier alpha value is -5.79. The first-order valence-corrected chi connectivity index (χ1v) is 21.9. The minimum Gasteiger partial charge on any atom is -0.493 e. The molecule has 322 valence electrons. The average molecular weight is 875 g/mol. The maximum Gasteiger partial charge on any atom is 0.416 e. The van der Waals surface area contributed by atoms with E-state index in [-0.39, 0.29) is 76.8 Å². The van der Waals surface area contributed by atoms with Crippen molar-refractivity contribution in [2.24, 2.45) is 4.99 Å². The molecule has 19 heteroatoms. The van der Waals surface area contributed by atoms with Crippen LogP contribution in [0.1, 0.15) is 59.7 Å². The van der Waals surface area contributed by atoms with Gasteiger partial charge in [-0.1, -0.05) is 35.1 Å². The number of carbonyl (C=O) groups excluding carboxylic acids is 3. The Morgan fingerprint density at radius 1 is 0.951 bits per heavy atom. The van der Waals surface area contributed by atoms with Gasteiger partial charge in [-0.25, -0.2) is 14.7 Å². The predicted octanol–water partition coefficient (Wildman–Crippen LogP) is 7.00. The Kier molecular flexibility index (Phi) is 13.4. The number of pyridine rings is 1. The fraction of sp³-hybridized carbons (Fsp3) is 0.405. The molecule has 7 rings (SSSR count). The van der Waals surface area contributed by atoms with Gasteiger partial charge in [0.15, 0.2) is 34.3 Å². The van der Waals surface area contributed by atoms with Gasteiger partial charge in [-0.3, -0.25) is 24.7 Å². The number of benzene rings is 2. The van der Waals surface area contributed by atoms with Crippen LogP contribution < -0.4 is 23.8 Å². The smallest absolute Gasteiger partial charge is 0.416 e. The molecule has 2 saturated heterocycles. The fourth-order valence-corrected chi connectivity index (χ4v) is 9.56. The van der Waals surface area contributed by atoms with Crippen LogP contribution in [0.3, 0.4) is 0 Å². The molecule has 4 aliphatic heterocycles. The van der Waals surface area contributed by atoms with Crippen LogP contribution in [0.15, 0.2) is 76.9 Å². The lowest BCUT2D eigenvalue weighted by atomic mass is 10.1. The van der Waals surface area contributed by atoms with E-state index in [1.54, 1.807) is 30.2 Å². The number of nitro groups is 1. The van der Waals surface area contributed by atoms with Crippen molar-refractivity contribution in [3.05, 3.63) is 88.1 Å². The first-order chi connectivity index (χ1) is 29.4. The standard InChI is InChI=1S/C42H46N6O11S2/c1-24-14-27-20-44-30-18-36(34(55-4)16-28(30)39(49)45(27)21-24)57-12-7-6-8-13-58-37-19-32-29(17-35(37)56-5)40(50)46-22-25(2)15-33(46)41(51)47(32)42(52)59-23-26(3)60-61-38-31(48(53)54)10-9-11-43-38/h9-11,16-20,26-27,33,41,51H,1-2,6-8,12-15,21-23H2,3-5H3/t26-,27?,33?,41?/m1/s1. The van der Waals surface area contributed by atoms with Crippen molar-refractivity contribution in [2.75, 3.05) is 52.0 Å². The summed E-state index contributed by atoms with van der Waals surface area (Å²) in [5, 5.41) is 23.0. The molecular weight excluding hydrogens is 829 g/mol. The molecule has 0 aliphatic carbocycles. The molecule has 0 saturated carbocycles. The molecule has 2 aromatic carbocycles. The van der Waals surface area contributed by atoms with Gasteiger partial charge in [-0.15, -0.1) is 0 Å². The lowest BCUT2D eigenvalue weighted by Gasteiger charge is -2.31. The number of unbranched alkanes of at least 4 members (excludes halogenated alkanes) is 2. The van der Waals surface area contributed by atoms with Crippen LogP contribution in [-0.4, -0.2) is 120 Å². The molecule has 4 atom stereocenters. The van der Waals surface area contributed by atoms with Crippen LogP contribution >= 0.6 is 21.6 Å². The first kappa shape index (κ1) is 43.3. The molecular formula is C42H46N6O11S2. The van der Waals surface area contributed by atoms with Crippen LogP contribution in [0, 0.1) is 10.1 Å². The fourth-order valence-electron chi connectivity index (χ4n) is 7.53. The SMILES string of the molecule is C=C1CC2C=Nc3cc(OCCCCCOc4cc5c(cc4OC)C(=O)N4CC(=C)CC4C(O)N5C(=O)OC[C@@H](C)SSc4ncccc4[N+](=O)[O-])c(OC)cc3C(=O)N2C1. The van der Waals surface area contributed by atoms with Gasteiger partial charge in [0.25, 0.3) is 11.8 Å². The quantitative estimate of drug-likeness (QED) is 0.0508. The van der Waals surface area contributed by atoms with E-state index in [9.17, 15) is 29.6 Å². The zero-order chi connectivity index (χ0) is 43.4. The van der Waals surface area contributed by atoms with Crippen molar-refractivity contribution in [3.63, 3.8) is 0 Å². The third kappa shape index (κ3) is 9.28. The predicted molar refractivity (Wildman–Crippen MR) is 230 cm³/mol. The van der Waals surface area contributed by atoms with Gasteiger partial charge >= 0.3 is 11.8 Å². The molecule has 3 unspecified atom stereocenters. The highest BCUT2D eigenvalue weighted by atomic mass is 33.1. The Morgan fingerprint density at radius 3 is 2.31 bits per heavy atom. The molecule has 0 spiro atoms. The molecule has 2 fully saturated rings. The highest BCUT2D eigenvalue weighted by Gasteiger charge is 2.46. The third-order valence-corrected chi connectivity index (χ3v) is 13.3. The van der Waals surface area contributed by atoms with E-state index in [1.165, 1.54) is 60.4 Å². The molecule has 1 N–H and O–H groups in total. The van der Waals surface area contributed by atoms with Gasteiger partial charge in [0.05, 0.1) is 66.9 Å². The van der Waals surface area contributed by atoms with E-state index in [0.717, 1.165) is 33.3 Å². The number of aliphatic hydroxyl groups excluding tert-OH is 1. The summed E-state index contributed by atoms with van der Waals surface area (Å²) in [5.74, 6) is 0.910. The Balaban J connectivity index is 0.985. The monoisotopic (exact) mass is 874 g/mol. The van der Waals surface area contributed by atoms with E-state index in [2.05, 4.69) is 23.1 Å². The van der Waals surface area contributed by atoms with E-state index in [1.807, 2.05) is 0 Å². The maximum atomic E-state index is 14.0. The number of anilines is 1. The summed E-state index contributed by atoms with van der Waals surface area (Å²) in [4.78, 5) is 65.1. The summed E-state index contributed by atoms with van der Waals surface area (Å²) in [7, 11) is 5.30. The van der Waals surface area contributed by atoms with Gasteiger partial charge in [0, 0.05) is 48.9 Å². The largest absolute Gasteiger partial charge is 0.493 e. The number of aromatic nitrogens is 1. The number of fused-ring (bicyclic) bond motifs is 4. The number of aliphatic imine (C=N–C) groups is 1. The normalized spacial score (nSPS) is 19.7. The number of methoxy groups -OCH3 is 2. The molecule has 1 aromatic heterocycles. The van der Waals surface area contributed by atoms with Gasteiger partial charge in [0.1, 0.15) is 6.61 Å². The molecule has 61 heavy (non-hydrogen) atoms. The topological polar surface area (TPSA) is 196 Å². The second-order valence-electron chi connectivity index (χ2n) is 14.9. The highest BCUT2D eigenvalue weighted by molar-refractivity contribution is 8.77. The lowest BCUT2D eigenvalue weighted by Crippen LogP contribution is -2.51. The van der Waals surface area contributed by atoms with Crippen molar-refractivity contribution < 1.29 is 48.1 Å². The van der Waals surface area contributed by atoms with Crippen LogP contribution in [0.25, 0.3) is 0 Å². The number of carbonyl (C=O) groups is 3. The van der Waals surface area contributed by atoms with Crippen molar-refractivity contribution in [1.82, 2.24) is 14.8 Å². The highest BCUT2D eigenvalue weighted by Crippen LogP contribution is 2.43. The number of ether oxygens (including phenoxy) is 5. The molecule has 5 heterocycles. The summed E-state index contributed by atoms with van der Waals surface area (Å²) >= 11 is 0. The van der Waals surface area contributed by atoms with Crippen molar-refractivity contribution in [3.8, 4) is 23.0 Å². The van der Waals surface area contributed by atoms with E-state index >= 15 is 0 Å². The maximum absolute atomic E-state index is 14.0. The summed E-state index contributed by atoms with van der Waals surface area (Å²) in [6.45, 7) is 11.0. The second-order valence-corrected chi connectivity index (χ2v) is 17.5. The number of rotatable bonds is 16. The van der Waals surface area contributed by atoms with E-state index < -0.39 is 29.2 Å². The average Bonchev–Trinajstić information content (AvgIpc) is 3.79. The Bertz CT molecular complexity index is 2270. The van der Waals surface area contributed by atoms with E-state index in [4.69, 9.17) is 23.7 Å². The second kappa shape index (κ2) is 18.9. The molecule has 0 bridgehead atoms. The molecule has 0 radical (unpaired) electrons. The molecule has 17 nitrogen and oxygen atoms in total. The summed E-state index contributed by atoms with van der Waals surface area (Å²) < 4.78 is 29.2. The lowest BCUT2D eigenvalue weighted by molar-refractivity contribution is -0.388. The van der Waals surface area contributed by atoms with Gasteiger partial charge in [-0.05, 0) is 68.0 Å². The minimum atomic E-state index is -1.48. The Labute approximate surface area is 360 Å². The van der Waals surface area contributed by atoms with E-state index in [0.29, 0.717) is 55.2 Å². The van der Waals surface area contributed by atoms with Crippen LogP contribution in [0.5, 0.6) is 23.0 Å². The van der Waals surface area contributed by atoms with Crippen LogP contribution in [-0.2, 0) is 4.74 Å². The zero-order valence-corrected chi connectivity index (χ0v) is 35.6. The van der Waals surface area contributed by atoms with Crippen LogP contribution in [0.2, 0.25) is 0 Å². The molecule has 3 aromatic rings. The van der Waals surface area contributed by atoms with Gasteiger partial charge < -0.3 is 38.6 Å². The first-order valence-electron chi connectivity index (χ1n) is 19.6. The van der Waals surface area contributed by atoms with Crippen molar-refractivity contribution >= 4 is 62.8 Å². The number of aliphatic hydroxyl groups is 1. The Morgan fingerprint density at radius 2 is 1.61 bits per heavy atom. The summed E-state index contributed by atoms with van der Waals surface area (Å²) in [5.41, 5.74) is 2.77. The van der Waals surface area contributed by atoms with Crippen molar-refractivity contribution in [2.45, 2.75) is 67.6 Å². The van der Waals surface area contributed by atoms with Crippen LogP contribution in [0.4, 0.5) is 21.9 Å². The summed E-state index contributed by atoms with van der Waals surface area (Å²) in [6, 6.07) is 8.35. The number of amides is 3. The summed E-state index contributed by atoms with van der Waals surface area (Å²) in [6.07, 6.45) is 3.85. The molecule has 3 amide bonds. The minimum absolute atomic E-state index is 0.0945. The van der Waals surface area contributed by atoms with Crippen molar-refractivity contribution in [1.29, 1.82) is 0 Å². The van der Waals surface area contributed by atoms with Gasteiger partial charge in [0.2, 0.25) is 0 Å². The number of hydrogen-bond donors (Lipinski definition) is 1. The zero-order valence-electron chi connectivity index (χ0n) is 33.9. The molecule has 4 aliphatic rings. The number of hydrogen-bond acceptors (Lipinski definition) is 15. The third-order valence-electron chi connectivity index (χ3n) is 10.6.